The zero-order valence-electron chi connectivity index (χ0n) is 8.78. The molecule has 0 amide bonds. The van der Waals surface area contributed by atoms with Crippen molar-refractivity contribution in [1.29, 1.82) is 0 Å². The molecule has 77 valence electrons. The average Bonchev–Trinajstić information content (AvgIpc) is 2.75. The summed E-state index contributed by atoms with van der Waals surface area (Å²) in [7, 11) is 0. The lowest BCUT2D eigenvalue weighted by Crippen LogP contribution is -2.19. The lowest BCUT2D eigenvalue weighted by molar-refractivity contribution is 0.530. The van der Waals surface area contributed by atoms with Gasteiger partial charge in [0.15, 0.2) is 0 Å². The van der Waals surface area contributed by atoms with Crippen molar-refractivity contribution >= 4 is 5.84 Å². The largest absolute Gasteiger partial charge is 0.240 e. The van der Waals surface area contributed by atoms with Gasteiger partial charge in [0.2, 0.25) is 0 Å². The van der Waals surface area contributed by atoms with Crippen LogP contribution in [0.25, 0.3) is 0 Å². The number of amidine groups is 1. The smallest absolute Gasteiger partial charge is 0.131 e. The highest BCUT2D eigenvalue weighted by molar-refractivity contribution is 5.87. The van der Waals surface area contributed by atoms with E-state index in [9.17, 15) is 0 Å². The van der Waals surface area contributed by atoms with E-state index in [1.807, 2.05) is 12.4 Å². The van der Waals surface area contributed by atoms with Gasteiger partial charge in [-0.1, -0.05) is 38.5 Å². The molecule has 2 nitrogen and oxygen atoms in total. The molecule has 2 rings (SSSR count). The molecular weight excluding hydrogens is 172 g/mol. The Hall–Kier alpha value is -0.790. The number of nitrogens with zero attached hydrogens (tertiary/aromatic N) is 2. The SMILES string of the molecule is C1=CN=C(C2CCCCCCCC2)[N]1. The first kappa shape index (κ1) is 9.75. The van der Waals surface area contributed by atoms with Crippen molar-refractivity contribution < 1.29 is 0 Å². The standard InChI is InChI=1S/C12H19N2/c1-2-4-6-8-11(7-5-3-1)12-13-9-10-14-12/h9-11H,1-8H2. The molecule has 1 saturated carbocycles. The zero-order valence-corrected chi connectivity index (χ0v) is 8.78. The van der Waals surface area contributed by atoms with Crippen LogP contribution in [0.5, 0.6) is 0 Å². The van der Waals surface area contributed by atoms with Crippen LogP contribution in [0.4, 0.5) is 0 Å². The molecular formula is C12H19N2. The van der Waals surface area contributed by atoms with Gasteiger partial charge in [0, 0.05) is 18.3 Å². The number of aliphatic imine (C=N–C) groups is 1. The molecule has 2 aliphatic rings. The van der Waals surface area contributed by atoms with Crippen molar-refractivity contribution in [2.45, 2.75) is 51.4 Å². The Labute approximate surface area is 86.5 Å². The van der Waals surface area contributed by atoms with E-state index in [2.05, 4.69) is 10.3 Å². The van der Waals surface area contributed by atoms with Gasteiger partial charge in [-0.05, 0) is 12.8 Å². The first-order chi connectivity index (χ1) is 6.97. The summed E-state index contributed by atoms with van der Waals surface area (Å²) in [5.74, 6) is 1.73. The lowest BCUT2D eigenvalue weighted by Gasteiger charge is -2.14. The van der Waals surface area contributed by atoms with Crippen LogP contribution in [0, 0.1) is 5.92 Å². The molecule has 0 atom stereocenters. The minimum atomic E-state index is 0.642. The summed E-state index contributed by atoms with van der Waals surface area (Å²) in [6.07, 6.45) is 14.6. The van der Waals surface area contributed by atoms with Crippen LogP contribution in [-0.2, 0) is 0 Å². The third kappa shape index (κ3) is 2.60. The van der Waals surface area contributed by atoms with Gasteiger partial charge in [-0.2, -0.15) is 0 Å². The van der Waals surface area contributed by atoms with E-state index in [4.69, 9.17) is 0 Å². The maximum atomic E-state index is 4.33. The third-order valence-electron chi connectivity index (χ3n) is 3.20. The molecule has 0 aromatic carbocycles. The molecule has 14 heavy (non-hydrogen) atoms. The molecule has 0 aromatic rings. The van der Waals surface area contributed by atoms with E-state index in [0.29, 0.717) is 5.92 Å². The summed E-state index contributed by atoms with van der Waals surface area (Å²) in [4.78, 5) is 4.33. The van der Waals surface area contributed by atoms with Crippen LogP contribution < -0.4 is 5.32 Å². The second-order valence-corrected chi connectivity index (χ2v) is 4.31. The number of rotatable bonds is 1. The minimum absolute atomic E-state index is 0.642. The van der Waals surface area contributed by atoms with Gasteiger partial charge in [0.1, 0.15) is 5.84 Å². The van der Waals surface area contributed by atoms with Crippen LogP contribution in [0.15, 0.2) is 17.4 Å². The second kappa shape index (κ2) is 5.18. The van der Waals surface area contributed by atoms with E-state index in [1.165, 1.54) is 51.4 Å². The van der Waals surface area contributed by atoms with Crippen LogP contribution in [0.3, 0.4) is 0 Å². The topological polar surface area (TPSA) is 26.5 Å². The molecule has 0 aromatic heterocycles. The number of hydrogen-bond acceptors (Lipinski definition) is 1. The molecule has 1 aliphatic carbocycles. The first-order valence-corrected chi connectivity index (χ1v) is 5.90. The average molecular weight is 191 g/mol. The van der Waals surface area contributed by atoms with Crippen LogP contribution in [0.1, 0.15) is 51.4 Å². The van der Waals surface area contributed by atoms with Gasteiger partial charge in [-0.25, -0.2) is 10.3 Å². The van der Waals surface area contributed by atoms with Gasteiger partial charge in [-0.15, -0.1) is 0 Å². The fraction of sp³-hybridized carbons (Fsp3) is 0.750. The van der Waals surface area contributed by atoms with Crippen molar-refractivity contribution in [3.05, 3.63) is 12.4 Å². The normalized spacial score (nSPS) is 24.7. The molecule has 2 heteroatoms. The van der Waals surface area contributed by atoms with Crippen molar-refractivity contribution in [1.82, 2.24) is 5.32 Å². The van der Waals surface area contributed by atoms with Crippen molar-refractivity contribution in [2.24, 2.45) is 10.9 Å². The highest BCUT2D eigenvalue weighted by atomic mass is 15.0. The molecule has 0 saturated heterocycles. The lowest BCUT2D eigenvalue weighted by atomic mass is 9.96. The van der Waals surface area contributed by atoms with Gasteiger partial charge in [-0.3, -0.25) is 0 Å². The van der Waals surface area contributed by atoms with E-state index < -0.39 is 0 Å². The summed E-state index contributed by atoms with van der Waals surface area (Å²) in [5, 5.41) is 4.33. The molecule has 0 spiro atoms. The van der Waals surface area contributed by atoms with Gasteiger partial charge in [0.05, 0.1) is 0 Å². The summed E-state index contributed by atoms with van der Waals surface area (Å²) in [5.41, 5.74) is 0. The molecule has 0 N–H and O–H groups in total. The van der Waals surface area contributed by atoms with E-state index in [0.717, 1.165) is 5.84 Å². The Kier molecular flexibility index (Phi) is 3.61. The predicted molar refractivity (Wildman–Crippen MR) is 59.1 cm³/mol. The Morgan fingerprint density at radius 3 is 2.07 bits per heavy atom. The Bertz CT molecular complexity index is 220. The molecule has 1 radical (unpaired) electrons. The van der Waals surface area contributed by atoms with Gasteiger partial charge in [0.25, 0.3) is 0 Å². The van der Waals surface area contributed by atoms with Crippen LogP contribution in [-0.4, -0.2) is 5.84 Å². The minimum Gasteiger partial charge on any atom is -0.240 e. The molecule has 1 fully saturated rings. The Morgan fingerprint density at radius 2 is 1.50 bits per heavy atom. The molecule has 1 heterocycles. The fourth-order valence-corrected chi connectivity index (χ4v) is 2.35. The Morgan fingerprint density at radius 1 is 0.857 bits per heavy atom. The molecule has 1 aliphatic heterocycles. The van der Waals surface area contributed by atoms with Crippen molar-refractivity contribution in [2.75, 3.05) is 0 Å². The van der Waals surface area contributed by atoms with E-state index >= 15 is 0 Å². The van der Waals surface area contributed by atoms with E-state index in [-0.39, 0.29) is 0 Å². The number of hydrogen-bond donors (Lipinski definition) is 0. The molecule has 0 unspecified atom stereocenters. The summed E-state index contributed by atoms with van der Waals surface area (Å²) >= 11 is 0. The first-order valence-electron chi connectivity index (χ1n) is 5.90. The second-order valence-electron chi connectivity index (χ2n) is 4.31. The summed E-state index contributed by atoms with van der Waals surface area (Å²) in [6, 6.07) is 0. The maximum Gasteiger partial charge on any atom is 0.131 e. The van der Waals surface area contributed by atoms with Gasteiger partial charge >= 0.3 is 0 Å². The maximum absolute atomic E-state index is 4.33. The quantitative estimate of drug-likeness (QED) is 0.608. The predicted octanol–water partition coefficient (Wildman–Crippen LogP) is 3.22. The van der Waals surface area contributed by atoms with Crippen LogP contribution >= 0.6 is 0 Å². The van der Waals surface area contributed by atoms with Crippen molar-refractivity contribution in [3.63, 3.8) is 0 Å². The molecule has 0 bridgehead atoms. The highest BCUT2D eigenvalue weighted by Crippen LogP contribution is 2.23. The van der Waals surface area contributed by atoms with Crippen molar-refractivity contribution in [3.8, 4) is 0 Å². The zero-order chi connectivity index (χ0) is 9.64. The fourth-order valence-electron chi connectivity index (χ4n) is 2.35. The summed E-state index contributed by atoms with van der Waals surface area (Å²) in [6.45, 7) is 0. The monoisotopic (exact) mass is 191 g/mol. The Balaban J connectivity index is 1.87. The summed E-state index contributed by atoms with van der Waals surface area (Å²) < 4.78 is 0. The van der Waals surface area contributed by atoms with Crippen LogP contribution in [0.2, 0.25) is 0 Å². The van der Waals surface area contributed by atoms with E-state index in [1.54, 1.807) is 0 Å². The highest BCUT2D eigenvalue weighted by Gasteiger charge is 2.18. The third-order valence-corrected chi connectivity index (χ3v) is 3.20. The van der Waals surface area contributed by atoms with Gasteiger partial charge < -0.3 is 0 Å².